The van der Waals surface area contributed by atoms with E-state index in [1.807, 2.05) is 0 Å². The van der Waals surface area contributed by atoms with Crippen molar-refractivity contribution in [2.45, 2.75) is 63.8 Å². The zero-order chi connectivity index (χ0) is 11.5. The van der Waals surface area contributed by atoms with E-state index in [9.17, 15) is 0 Å². The van der Waals surface area contributed by atoms with Crippen LogP contribution in [0.1, 0.15) is 32.6 Å². The molecule has 0 aromatic carbocycles. The lowest BCUT2D eigenvalue weighted by molar-refractivity contribution is 0.276. The first kappa shape index (κ1) is 13.0. The van der Waals surface area contributed by atoms with E-state index in [-0.39, 0.29) is 0 Å². The van der Waals surface area contributed by atoms with Crippen LogP contribution in [-0.2, 0) is 0 Å². The summed E-state index contributed by atoms with van der Waals surface area (Å²) in [4.78, 5) is 0. The molecule has 1 unspecified atom stereocenters. The fourth-order valence-electron chi connectivity index (χ4n) is 2.63. The summed E-state index contributed by atoms with van der Waals surface area (Å²) in [6, 6.07) is 1.28. The van der Waals surface area contributed by atoms with Gasteiger partial charge < -0.3 is 5.32 Å². The Morgan fingerprint density at radius 1 is 1.33 bits per heavy atom. The zero-order valence-electron chi connectivity index (χ0n) is 10.9. The summed E-state index contributed by atoms with van der Waals surface area (Å²) in [5, 5.41) is 3.67. The largest absolute Gasteiger partial charge is 0.311 e. The van der Waals surface area contributed by atoms with Crippen LogP contribution in [0.15, 0.2) is 12.2 Å². The van der Waals surface area contributed by atoms with Crippen molar-refractivity contribution in [1.82, 2.24) is 5.32 Å². The van der Waals surface area contributed by atoms with Gasteiger partial charge in [0.2, 0.25) is 0 Å². The molecule has 1 aliphatic rings. The molecule has 0 aromatic heterocycles. The van der Waals surface area contributed by atoms with Crippen molar-refractivity contribution in [3.05, 3.63) is 12.2 Å². The second-order valence-electron chi connectivity index (χ2n) is 6.61. The number of piperidine rings is 1. The predicted octanol–water partition coefficient (Wildman–Crippen LogP) is 3.80. The van der Waals surface area contributed by atoms with Crippen LogP contribution >= 0.6 is 0 Å². The lowest BCUT2D eigenvalue weighted by Gasteiger charge is -2.36. The fraction of sp³-hybridized carbons (Fsp3) is 0.846. The van der Waals surface area contributed by atoms with E-state index < -0.39 is 8.07 Å². The van der Waals surface area contributed by atoms with Gasteiger partial charge in [-0.25, -0.2) is 0 Å². The Morgan fingerprint density at radius 3 is 2.47 bits per heavy atom. The van der Waals surface area contributed by atoms with Gasteiger partial charge in [-0.15, -0.1) is 6.58 Å². The molecule has 0 radical (unpaired) electrons. The second kappa shape index (κ2) is 4.83. The molecule has 15 heavy (non-hydrogen) atoms. The van der Waals surface area contributed by atoms with Gasteiger partial charge in [-0.3, -0.25) is 0 Å². The zero-order valence-corrected chi connectivity index (χ0v) is 11.9. The van der Waals surface area contributed by atoms with Crippen molar-refractivity contribution in [2.24, 2.45) is 0 Å². The van der Waals surface area contributed by atoms with Crippen molar-refractivity contribution in [2.75, 3.05) is 6.54 Å². The minimum Gasteiger partial charge on any atom is -0.311 e. The summed E-state index contributed by atoms with van der Waals surface area (Å²) in [5.41, 5.74) is 1.81. The summed E-state index contributed by atoms with van der Waals surface area (Å²) >= 11 is 0. The molecule has 1 nitrogen and oxygen atoms in total. The molecule has 1 heterocycles. The maximum atomic E-state index is 4.27. The summed E-state index contributed by atoms with van der Waals surface area (Å²) in [7, 11) is -0.965. The molecule has 0 aliphatic carbocycles. The highest BCUT2D eigenvalue weighted by molar-refractivity contribution is 6.76. The quantitative estimate of drug-likeness (QED) is 0.567. The van der Waals surface area contributed by atoms with Gasteiger partial charge in [0.1, 0.15) is 0 Å². The summed E-state index contributed by atoms with van der Waals surface area (Å²) in [6.45, 7) is 15.1. The van der Waals surface area contributed by atoms with Crippen LogP contribution in [0.5, 0.6) is 0 Å². The molecule has 0 aromatic rings. The monoisotopic (exact) mass is 225 g/mol. The number of hydrogen-bond donors (Lipinski definition) is 1. The van der Waals surface area contributed by atoms with Crippen LogP contribution in [-0.4, -0.2) is 20.2 Å². The van der Waals surface area contributed by atoms with E-state index in [1.165, 1.54) is 43.8 Å². The normalized spacial score (nSPS) is 27.7. The Kier molecular flexibility index (Phi) is 4.18. The fourth-order valence-corrected chi connectivity index (χ4v) is 4.26. The van der Waals surface area contributed by atoms with Crippen LogP contribution < -0.4 is 5.32 Å². The third kappa shape index (κ3) is 4.98. The van der Waals surface area contributed by atoms with E-state index in [1.54, 1.807) is 0 Å². The molecule has 0 bridgehead atoms. The van der Waals surface area contributed by atoms with E-state index in [0.29, 0.717) is 5.54 Å². The van der Waals surface area contributed by atoms with Crippen molar-refractivity contribution < 1.29 is 0 Å². The third-order valence-electron chi connectivity index (χ3n) is 3.13. The molecule has 1 atom stereocenters. The number of hydrogen-bond acceptors (Lipinski definition) is 1. The first-order valence-electron chi connectivity index (χ1n) is 6.22. The number of rotatable bonds is 4. The van der Waals surface area contributed by atoms with Crippen LogP contribution in [0.3, 0.4) is 0 Å². The highest BCUT2D eigenvalue weighted by atomic mass is 28.3. The highest BCUT2D eigenvalue weighted by Gasteiger charge is 2.27. The first-order valence-corrected chi connectivity index (χ1v) is 9.93. The Hall–Kier alpha value is -0.0831. The standard InChI is InChI=1S/C13H27NSi/c1-12(11-15(3,4)5)10-13(2)8-6-7-9-14-13/h14H,1,6-11H2,2-5H3. The topological polar surface area (TPSA) is 12.0 Å². The van der Waals surface area contributed by atoms with Crippen molar-refractivity contribution >= 4 is 8.07 Å². The van der Waals surface area contributed by atoms with Gasteiger partial charge in [0, 0.05) is 13.6 Å². The molecule has 0 amide bonds. The maximum Gasteiger partial charge on any atom is 0.0483 e. The highest BCUT2D eigenvalue weighted by Crippen LogP contribution is 2.28. The van der Waals surface area contributed by atoms with Gasteiger partial charge in [-0.1, -0.05) is 31.6 Å². The Morgan fingerprint density at radius 2 is 2.00 bits per heavy atom. The van der Waals surface area contributed by atoms with Gasteiger partial charge in [-0.05, 0) is 38.8 Å². The molecule has 2 heteroatoms. The second-order valence-corrected chi connectivity index (χ2v) is 12.1. The molecule has 1 saturated heterocycles. The van der Waals surface area contributed by atoms with E-state index >= 15 is 0 Å². The van der Waals surface area contributed by atoms with E-state index in [2.05, 4.69) is 38.5 Å². The Bertz CT molecular complexity index is 221. The van der Waals surface area contributed by atoms with Gasteiger partial charge in [0.25, 0.3) is 0 Å². The van der Waals surface area contributed by atoms with Gasteiger partial charge in [0.05, 0.1) is 0 Å². The molecule has 1 N–H and O–H groups in total. The molecular formula is C13H27NSi. The SMILES string of the molecule is C=C(CC1(C)CCCCN1)C[Si](C)(C)C. The average molecular weight is 225 g/mol. The smallest absolute Gasteiger partial charge is 0.0483 e. The minimum atomic E-state index is -0.965. The van der Waals surface area contributed by atoms with E-state index in [4.69, 9.17) is 0 Å². The lowest BCUT2D eigenvalue weighted by atomic mass is 9.85. The molecule has 1 rings (SSSR count). The van der Waals surface area contributed by atoms with Crippen molar-refractivity contribution in [3.63, 3.8) is 0 Å². The van der Waals surface area contributed by atoms with Gasteiger partial charge >= 0.3 is 0 Å². The molecule has 0 saturated carbocycles. The van der Waals surface area contributed by atoms with Gasteiger partial charge in [0.15, 0.2) is 0 Å². The minimum absolute atomic E-state index is 0.342. The molecule has 1 aliphatic heterocycles. The lowest BCUT2D eigenvalue weighted by Crippen LogP contribution is -2.46. The van der Waals surface area contributed by atoms with E-state index in [0.717, 1.165) is 0 Å². The Balaban J connectivity index is 2.42. The van der Waals surface area contributed by atoms with Crippen LogP contribution in [0.25, 0.3) is 0 Å². The van der Waals surface area contributed by atoms with Crippen LogP contribution in [0.4, 0.5) is 0 Å². The molecular weight excluding hydrogens is 198 g/mol. The number of nitrogens with one attached hydrogen (secondary N) is 1. The molecule has 0 spiro atoms. The average Bonchev–Trinajstić information content (AvgIpc) is 1.99. The summed E-state index contributed by atoms with van der Waals surface area (Å²) < 4.78 is 0. The first-order chi connectivity index (χ1) is 6.81. The molecule has 1 fully saturated rings. The van der Waals surface area contributed by atoms with Crippen molar-refractivity contribution in [1.29, 1.82) is 0 Å². The maximum absolute atomic E-state index is 4.27. The predicted molar refractivity (Wildman–Crippen MR) is 72.2 cm³/mol. The summed E-state index contributed by atoms with van der Waals surface area (Å²) in [6.07, 6.45) is 5.22. The van der Waals surface area contributed by atoms with Crippen molar-refractivity contribution in [3.8, 4) is 0 Å². The third-order valence-corrected chi connectivity index (χ3v) is 4.69. The molecule has 88 valence electrons. The van der Waals surface area contributed by atoms with Crippen LogP contribution in [0, 0.1) is 0 Å². The van der Waals surface area contributed by atoms with Crippen LogP contribution in [0.2, 0.25) is 25.7 Å². The Labute approximate surface area is 96.4 Å². The summed E-state index contributed by atoms with van der Waals surface area (Å²) in [5.74, 6) is 0. The van der Waals surface area contributed by atoms with Gasteiger partial charge in [-0.2, -0.15) is 0 Å².